The van der Waals surface area contributed by atoms with Gasteiger partial charge in [-0.2, -0.15) is 27.0 Å². The molecule has 0 saturated carbocycles. The topological polar surface area (TPSA) is 72.9 Å². The highest BCUT2D eigenvalue weighted by Crippen LogP contribution is 2.62. The molecule has 0 unspecified atom stereocenters. The van der Waals surface area contributed by atoms with Crippen molar-refractivity contribution in [2.75, 3.05) is 19.4 Å². The summed E-state index contributed by atoms with van der Waals surface area (Å²) in [7, 11) is 3.52. The average Bonchev–Trinajstić information content (AvgIpc) is 3.48. The van der Waals surface area contributed by atoms with E-state index in [2.05, 4.69) is 24.1 Å². The van der Waals surface area contributed by atoms with Gasteiger partial charge < -0.3 is 15.3 Å². The number of hydrogen-bond donors (Lipinski definition) is 2. The molecule has 6 atom stereocenters. The van der Waals surface area contributed by atoms with Gasteiger partial charge in [0, 0.05) is 36.8 Å². The lowest BCUT2D eigenvalue weighted by atomic mass is 9.63. The van der Waals surface area contributed by atoms with E-state index < -0.39 is 35.6 Å². The van der Waals surface area contributed by atoms with Crippen LogP contribution in [0.2, 0.25) is 5.02 Å². The van der Waals surface area contributed by atoms with Crippen molar-refractivity contribution in [1.82, 2.24) is 9.80 Å². The van der Waals surface area contributed by atoms with Crippen molar-refractivity contribution >= 4 is 56.1 Å². The molecule has 0 aromatic heterocycles. The molecule has 4 aromatic rings. The van der Waals surface area contributed by atoms with Crippen LogP contribution >= 0.6 is 38.6 Å². The predicted octanol–water partition coefficient (Wildman–Crippen LogP) is 11.7. The van der Waals surface area contributed by atoms with Crippen molar-refractivity contribution in [2.45, 2.75) is 108 Å². The number of amides is 2. The van der Waals surface area contributed by atoms with E-state index in [9.17, 15) is 14.7 Å². The van der Waals surface area contributed by atoms with Crippen molar-refractivity contribution in [3.05, 3.63) is 136 Å². The molecule has 2 amide bonds. The molecule has 0 radical (unpaired) electrons. The zero-order valence-corrected chi connectivity index (χ0v) is 29.9. The molecule has 2 aliphatic heterocycles. The lowest BCUT2D eigenvalue weighted by molar-refractivity contribution is -0.136. The molecule has 304 valence electrons. The second-order valence-electron chi connectivity index (χ2n) is 12.9. The van der Waals surface area contributed by atoms with Gasteiger partial charge in [-0.05, 0) is 46.7 Å². The maximum atomic E-state index is 14.9. The SMILES string of the molecule is C.C.C.C.C.C.C.CC(C)C[C@H]1N([C@H](c2ccccc2)[C@@H](O)c2ccccc2)[C@@H](C(=O)N(C)C)[C@H](c2ccccc2)[C@@]12C(=O)Nc1cc(Cl)ccc12.S.S. The summed E-state index contributed by atoms with van der Waals surface area (Å²) in [4.78, 5) is 33.4. The molecule has 4 aromatic carbocycles. The summed E-state index contributed by atoms with van der Waals surface area (Å²) in [5, 5.41) is 16.1. The molecule has 0 aliphatic carbocycles. The number of carbonyl (C=O) groups is 2. The number of nitrogens with zero attached hydrogens (tertiary/aromatic N) is 2. The van der Waals surface area contributed by atoms with E-state index in [-0.39, 0.29) is 96.7 Å². The number of nitrogens with one attached hydrogen (secondary N) is 1. The Balaban J connectivity index is -0.00000139. The van der Waals surface area contributed by atoms with Crippen molar-refractivity contribution in [2.24, 2.45) is 5.92 Å². The van der Waals surface area contributed by atoms with Crippen LogP contribution in [-0.4, -0.2) is 52.9 Å². The number of halogens is 1. The van der Waals surface area contributed by atoms with Crippen molar-refractivity contribution < 1.29 is 14.7 Å². The minimum Gasteiger partial charge on any atom is -0.386 e. The molecule has 6 rings (SSSR count). The van der Waals surface area contributed by atoms with E-state index in [1.807, 2.05) is 103 Å². The number of anilines is 1. The molecule has 0 bridgehead atoms. The Bertz CT molecular complexity index is 1680. The first-order valence-electron chi connectivity index (χ1n) is 15.6. The fraction of sp³-hybridized carbons (Fsp3) is 0.422. The molecular weight excluding hydrogens is 730 g/mol. The minimum atomic E-state index is -1.15. The number of aliphatic hydroxyl groups excluding tert-OH is 1. The molecule has 2 heterocycles. The first-order chi connectivity index (χ1) is 21.7. The summed E-state index contributed by atoms with van der Waals surface area (Å²) in [6.45, 7) is 4.29. The van der Waals surface area contributed by atoms with Gasteiger partial charge >= 0.3 is 0 Å². The van der Waals surface area contributed by atoms with Crippen LogP contribution in [0.3, 0.4) is 0 Å². The van der Waals surface area contributed by atoms with Crippen LogP contribution < -0.4 is 5.32 Å². The first kappa shape index (κ1) is 57.5. The molecule has 9 heteroatoms. The third-order valence-electron chi connectivity index (χ3n) is 9.51. The van der Waals surface area contributed by atoms with E-state index in [4.69, 9.17) is 11.6 Å². The number of fused-ring (bicyclic) bond motifs is 2. The predicted molar refractivity (Wildman–Crippen MR) is 247 cm³/mol. The van der Waals surface area contributed by atoms with Crippen molar-refractivity contribution in [1.29, 1.82) is 0 Å². The number of benzene rings is 4. The van der Waals surface area contributed by atoms with Crippen LogP contribution in [0.25, 0.3) is 0 Å². The minimum absolute atomic E-state index is 0. The standard InChI is InChI=1S/C38H40ClN3O3.7CH4.2H2S/c1-24(2)22-31-38(29-21-20-28(39)23-30(29)40-37(38)45)32(25-14-8-5-9-15-25)34(36(44)41(3)4)42(31)33(26-16-10-6-11-17-26)35(43)27-18-12-7-13-19-27;;;;;;;;;/h5-21,23-24,31-35,43H,22H2,1-4H3,(H,40,45);7*1H4;2*1H2/t31-,32+,33-,34-,35+,38+;;;;;;;;;/m1........./s1. The van der Waals surface area contributed by atoms with Crippen LogP contribution in [-0.2, 0) is 15.0 Å². The molecule has 6 nitrogen and oxygen atoms in total. The number of hydrogen-bond acceptors (Lipinski definition) is 4. The van der Waals surface area contributed by atoms with Crippen LogP contribution in [0.1, 0.15) is 113 Å². The summed E-state index contributed by atoms with van der Waals surface area (Å²) in [5.74, 6) is -0.660. The fourth-order valence-corrected chi connectivity index (χ4v) is 7.96. The molecule has 2 aliphatic rings. The lowest BCUT2D eigenvalue weighted by Gasteiger charge is -2.43. The average molecular weight is 803 g/mol. The molecule has 1 spiro atoms. The van der Waals surface area contributed by atoms with Gasteiger partial charge in [-0.3, -0.25) is 14.5 Å². The van der Waals surface area contributed by atoms with Gasteiger partial charge in [-0.15, -0.1) is 0 Å². The second kappa shape index (κ2) is 23.6. The van der Waals surface area contributed by atoms with Gasteiger partial charge in [-0.25, -0.2) is 0 Å². The van der Waals surface area contributed by atoms with Crippen LogP contribution in [0.15, 0.2) is 109 Å². The van der Waals surface area contributed by atoms with Gasteiger partial charge in [-0.1, -0.05) is 174 Å². The highest BCUT2D eigenvalue weighted by Gasteiger charge is 2.70. The normalized spacial score (nSPS) is 20.0. The van der Waals surface area contributed by atoms with E-state index >= 15 is 0 Å². The van der Waals surface area contributed by atoms with Crippen molar-refractivity contribution in [3.63, 3.8) is 0 Å². The van der Waals surface area contributed by atoms with E-state index in [1.54, 1.807) is 25.1 Å². The van der Waals surface area contributed by atoms with Crippen LogP contribution in [0, 0.1) is 5.92 Å². The summed E-state index contributed by atoms with van der Waals surface area (Å²) in [5.41, 5.74) is 2.86. The van der Waals surface area contributed by atoms with E-state index in [0.29, 0.717) is 17.1 Å². The van der Waals surface area contributed by atoms with Crippen molar-refractivity contribution in [3.8, 4) is 0 Å². The van der Waals surface area contributed by atoms with E-state index in [0.717, 1.165) is 22.3 Å². The van der Waals surface area contributed by atoms with Crippen LogP contribution in [0.4, 0.5) is 5.69 Å². The number of carbonyl (C=O) groups excluding carboxylic acids is 2. The number of likely N-dealkylation sites (N-methyl/N-ethyl adjacent to an activating group) is 1. The van der Waals surface area contributed by atoms with Gasteiger partial charge in [0.25, 0.3) is 0 Å². The highest BCUT2D eigenvalue weighted by molar-refractivity contribution is 7.59. The Morgan fingerprint density at radius 2 is 1.28 bits per heavy atom. The second-order valence-corrected chi connectivity index (χ2v) is 13.3. The Kier molecular flexibility index (Phi) is 25.1. The van der Waals surface area contributed by atoms with Crippen LogP contribution in [0.5, 0.6) is 0 Å². The summed E-state index contributed by atoms with van der Waals surface area (Å²) in [6, 6.07) is 33.1. The fourth-order valence-electron chi connectivity index (χ4n) is 7.79. The molecule has 2 N–H and O–H groups in total. The Morgan fingerprint density at radius 3 is 1.76 bits per heavy atom. The molecule has 1 saturated heterocycles. The Hall–Kier alpha value is -3.27. The summed E-state index contributed by atoms with van der Waals surface area (Å²) < 4.78 is 0. The largest absolute Gasteiger partial charge is 0.386 e. The van der Waals surface area contributed by atoms with Gasteiger partial charge in [0.1, 0.15) is 5.41 Å². The zero-order valence-electron chi connectivity index (χ0n) is 27.1. The maximum Gasteiger partial charge on any atom is 0.240 e. The summed E-state index contributed by atoms with van der Waals surface area (Å²) >= 11 is 6.47. The van der Waals surface area contributed by atoms with Gasteiger partial charge in [0.2, 0.25) is 11.8 Å². The number of aliphatic hydroxyl groups is 1. The third kappa shape index (κ3) is 9.93. The molecule has 54 heavy (non-hydrogen) atoms. The zero-order chi connectivity index (χ0) is 31.9. The Morgan fingerprint density at radius 1 is 0.796 bits per heavy atom. The summed E-state index contributed by atoms with van der Waals surface area (Å²) in [6.07, 6.45) is -0.373. The lowest BCUT2D eigenvalue weighted by Crippen LogP contribution is -2.52. The smallest absolute Gasteiger partial charge is 0.240 e. The van der Waals surface area contributed by atoms with E-state index in [1.165, 1.54) is 0 Å². The third-order valence-corrected chi connectivity index (χ3v) is 9.75. The monoisotopic (exact) mass is 801 g/mol. The molecular formula is C45H72ClN3O3S2. The van der Waals surface area contributed by atoms with Gasteiger partial charge in [0.05, 0.1) is 18.2 Å². The Labute approximate surface area is 348 Å². The highest BCUT2D eigenvalue weighted by atomic mass is 35.5. The molecule has 1 fully saturated rings. The number of likely N-dealkylation sites (tertiary alicyclic amines) is 1. The quantitative estimate of drug-likeness (QED) is 0.186. The number of rotatable bonds is 8. The maximum absolute atomic E-state index is 14.9. The van der Waals surface area contributed by atoms with Gasteiger partial charge in [0.15, 0.2) is 0 Å². The first-order valence-corrected chi connectivity index (χ1v) is 16.0.